The minimum absolute atomic E-state index is 0.153. The number of ether oxygens (including phenoxy) is 2. The highest BCUT2D eigenvalue weighted by molar-refractivity contribution is 5.80. The summed E-state index contributed by atoms with van der Waals surface area (Å²) in [5.74, 6) is 1.39. The summed E-state index contributed by atoms with van der Waals surface area (Å²) in [5, 5.41) is 2.83. The van der Waals surface area contributed by atoms with Crippen LogP contribution in [0.15, 0.2) is 42.5 Å². The molecule has 0 fully saturated rings. The number of amides is 1. The van der Waals surface area contributed by atoms with E-state index in [4.69, 9.17) is 9.47 Å². The van der Waals surface area contributed by atoms with E-state index in [9.17, 15) is 4.79 Å². The Kier molecular flexibility index (Phi) is 6.24. The zero-order valence-corrected chi connectivity index (χ0v) is 14.8. The van der Waals surface area contributed by atoms with E-state index < -0.39 is 6.10 Å². The van der Waals surface area contributed by atoms with Crippen molar-refractivity contribution in [2.24, 2.45) is 0 Å². The average molecular weight is 327 g/mol. The molecule has 0 radical (unpaired) electrons. The lowest BCUT2D eigenvalue weighted by atomic mass is 10.1. The molecule has 0 saturated carbocycles. The van der Waals surface area contributed by atoms with E-state index in [0.29, 0.717) is 18.9 Å². The van der Waals surface area contributed by atoms with E-state index in [1.54, 1.807) is 6.92 Å². The molecule has 0 spiro atoms. The van der Waals surface area contributed by atoms with Gasteiger partial charge in [0, 0.05) is 0 Å². The topological polar surface area (TPSA) is 47.6 Å². The Labute approximate surface area is 143 Å². The third-order valence-corrected chi connectivity index (χ3v) is 3.92. The van der Waals surface area contributed by atoms with E-state index in [-0.39, 0.29) is 5.91 Å². The number of benzene rings is 2. The van der Waals surface area contributed by atoms with Gasteiger partial charge >= 0.3 is 0 Å². The first kappa shape index (κ1) is 17.9. The third-order valence-electron chi connectivity index (χ3n) is 3.92. The Morgan fingerprint density at radius 2 is 1.79 bits per heavy atom. The van der Waals surface area contributed by atoms with Crippen LogP contribution in [-0.2, 0) is 4.79 Å². The molecule has 0 saturated heterocycles. The fourth-order valence-electron chi connectivity index (χ4n) is 2.23. The molecule has 0 heterocycles. The molecule has 1 atom stereocenters. The number of hydrogen-bond acceptors (Lipinski definition) is 3. The summed E-state index contributed by atoms with van der Waals surface area (Å²) in [6, 6.07) is 13.6. The van der Waals surface area contributed by atoms with Crippen LogP contribution in [0.1, 0.15) is 23.6 Å². The molecular formula is C20H25NO3. The lowest BCUT2D eigenvalue weighted by Gasteiger charge is -2.15. The second-order valence-electron chi connectivity index (χ2n) is 5.91. The summed E-state index contributed by atoms with van der Waals surface area (Å²) in [7, 11) is 0. The van der Waals surface area contributed by atoms with Crippen LogP contribution in [0, 0.1) is 20.8 Å². The summed E-state index contributed by atoms with van der Waals surface area (Å²) >= 11 is 0. The van der Waals surface area contributed by atoms with Gasteiger partial charge in [-0.25, -0.2) is 0 Å². The maximum atomic E-state index is 12.1. The third kappa shape index (κ3) is 5.01. The molecule has 2 aromatic rings. The van der Waals surface area contributed by atoms with E-state index in [1.165, 1.54) is 5.56 Å². The van der Waals surface area contributed by atoms with Crippen molar-refractivity contribution in [1.82, 2.24) is 5.32 Å². The highest BCUT2D eigenvalue weighted by atomic mass is 16.5. The molecule has 2 aromatic carbocycles. The van der Waals surface area contributed by atoms with Crippen molar-refractivity contribution < 1.29 is 14.3 Å². The van der Waals surface area contributed by atoms with Crippen LogP contribution in [0.5, 0.6) is 11.5 Å². The molecule has 4 nitrogen and oxygen atoms in total. The zero-order valence-electron chi connectivity index (χ0n) is 14.8. The van der Waals surface area contributed by atoms with Gasteiger partial charge in [-0.1, -0.05) is 29.8 Å². The molecule has 4 heteroatoms. The van der Waals surface area contributed by atoms with Crippen molar-refractivity contribution >= 4 is 5.91 Å². The van der Waals surface area contributed by atoms with E-state index in [2.05, 4.69) is 5.32 Å². The largest absolute Gasteiger partial charge is 0.491 e. The number of carbonyl (C=O) groups is 1. The van der Waals surface area contributed by atoms with Gasteiger partial charge in [-0.2, -0.15) is 0 Å². The first-order chi connectivity index (χ1) is 11.5. The van der Waals surface area contributed by atoms with Gasteiger partial charge in [0.15, 0.2) is 6.10 Å². The Morgan fingerprint density at radius 3 is 2.50 bits per heavy atom. The molecule has 0 aliphatic heterocycles. The van der Waals surface area contributed by atoms with Crippen molar-refractivity contribution in [3.05, 3.63) is 59.2 Å². The standard InChI is InChI=1S/C20H25NO3/c1-14-8-10-18(11-9-14)24-17(4)20(22)21-12-13-23-19-7-5-6-15(2)16(19)3/h5-11,17H,12-13H2,1-4H3,(H,21,22)/t17-/m0/s1. The van der Waals surface area contributed by atoms with E-state index in [0.717, 1.165) is 16.9 Å². The van der Waals surface area contributed by atoms with Crippen molar-refractivity contribution in [2.75, 3.05) is 13.2 Å². The zero-order chi connectivity index (χ0) is 17.5. The molecule has 1 N–H and O–H groups in total. The molecule has 0 unspecified atom stereocenters. The SMILES string of the molecule is Cc1ccc(O[C@@H](C)C(=O)NCCOc2cccc(C)c2C)cc1. The Morgan fingerprint density at radius 1 is 1.08 bits per heavy atom. The van der Waals surface area contributed by atoms with Crippen molar-refractivity contribution in [3.63, 3.8) is 0 Å². The van der Waals surface area contributed by atoms with Gasteiger partial charge in [0.1, 0.15) is 18.1 Å². The highest BCUT2D eigenvalue weighted by Crippen LogP contribution is 2.20. The maximum absolute atomic E-state index is 12.1. The smallest absolute Gasteiger partial charge is 0.260 e. The van der Waals surface area contributed by atoms with Crippen LogP contribution >= 0.6 is 0 Å². The monoisotopic (exact) mass is 327 g/mol. The van der Waals surface area contributed by atoms with Gasteiger partial charge in [0.2, 0.25) is 0 Å². The molecule has 128 valence electrons. The average Bonchev–Trinajstić information content (AvgIpc) is 2.57. The van der Waals surface area contributed by atoms with Crippen LogP contribution in [0.3, 0.4) is 0 Å². The van der Waals surface area contributed by atoms with E-state index in [1.807, 2.05) is 63.2 Å². The number of rotatable bonds is 7. The predicted molar refractivity (Wildman–Crippen MR) is 95.7 cm³/mol. The molecule has 0 bridgehead atoms. The molecule has 0 aromatic heterocycles. The van der Waals surface area contributed by atoms with Gasteiger partial charge < -0.3 is 14.8 Å². The van der Waals surface area contributed by atoms with Gasteiger partial charge in [-0.05, 0) is 57.0 Å². The molecular weight excluding hydrogens is 302 g/mol. The predicted octanol–water partition coefficient (Wildman–Crippen LogP) is 3.57. The maximum Gasteiger partial charge on any atom is 0.260 e. The lowest BCUT2D eigenvalue weighted by Crippen LogP contribution is -2.38. The highest BCUT2D eigenvalue weighted by Gasteiger charge is 2.14. The Hall–Kier alpha value is -2.49. The van der Waals surface area contributed by atoms with Crippen LogP contribution in [0.4, 0.5) is 0 Å². The summed E-state index contributed by atoms with van der Waals surface area (Å²) in [4.78, 5) is 12.1. The van der Waals surface area contributed by atoms with Crippen molar-refractivity contribution in [3.8, 4) is 11.5 Å². The van der Waals surface area contributed by atoms with Gasteiger partial charge in [-0.15, -0.1) is 0 Å². The quantitative estimate of drug-likeness (QED) is 0.791. The van der Waals surface area contributed by atoms with Crippen LogP contribution in [-0.4, -0.2) is 25.2 Å². The first-order valence-electron chi connectivity index (χ1n) is 8.17. The van der Waals surface area contributed by atoms with Gasteiger partial charge in [-0.3, -0.25) is 4.79 Å². The van der Waals surface area contributed by atoms with Gasteiger partial charge in [0.25, 0.3) is 5.91 Å². The van der Waals surface area contributed by atoms with Crippen molar-refractivity contribution in [1.29, 1.82) is 0 Å². The summed E-state index contributed by atoms with van der Waals surface area (Å²) in [6.07, 6.45) is -0.548. The molecule has 0 aliphatic rings. The molecule has 24 heavy (non-hydrogen) atoms. The number of aryl methyl sites for hydroxylation is 2. The molecule has 2 rings (SSSR count). The van der Waals surface area contributed by atoms with E-state index >= 15 is 0 Å². The minimum Gasteiger partial charge on any atom is -0.491 e. The van der Waals surface area contributed by atoms with Crippen molar-refractivity contribution in [2.45, 2.75) is 33.8 Å². The Bertz CT molecular complexity index is 680. The summed E-state index contributed by atoms with van der Waals surface area (Å²) in [6.45, 7) is 8.69. The summed E-state index contributed by atoms with van der Waals surface area (Å²) in [5.41, 5.74) is 3.47. The van der Waals surface area contributed by atoms with Crippen LogP contribution < -0.4 is 14.8 Å². The first-order valence-corrected chi connectivity index (χ1v) is 8.17. The fourth-order valence-corrected chi connectivity index (χ4v) is 2.23. The van der Waals surface area contributed by atoms with Crippen LogP contribution in [0.25, 0.3) is 0 Å². The second-order valence-corrected chi connectivity index (χ2v) is 5.91. The van der Waals surface area contributed by atoms with Crippen LogP contribution in [0.2, 0.25) is 0 Å². The molecule has 1 amide bonds. The normalized spacial score (nSPS) is 11.7. The fraction of sp³-hybridized carbons (Fsp3) is 0.350. The minimum atomic E-state index is -0.548. The van der Waals surface area contributed by atoms with Gasteiger partial charge in [0.05, 0.1) is 6.54 Å². The summed E-state index contributed by atoms with van der Waals surface area (Å²) < 4.78 is 11.4. The Balaban J connectivity index is 1.74. The number of carbonyl (C=O) groups excluding carboxylic acids is 1. The second kappa shape index (κ2) is 8.39. The number of hydrogen-bond donors (Lipinski definition) is 1. The number of nitrogens with one attached hydrogen (secondary N) is 1. The lowest BCUT2D eigenvalue weighted by molar-refractivity contribution is -0.127. The molecule has 0 aliphatic carbocycles.